The molecule has 3 aliphatic rings. The lowest BCUT2D eigenvalue weighted by Crippen LogP contribution is -2.56. The summed E-state index contributed by atoms with van der Waals surface area (Å²) < 4.78 is 32.2. The highest BCUT2D eigenvalue weighted by molar-refractivity contribution is 5.96. The number of primary amides is 1. The summed E-state index contributed by atoms with van der Waals surface area (Å²) in [6.07, 6.45) is 3.23. The van der Waals surface area contributed by atoms with Crippen LogP contribution < -0.4 is 15.4 Å². The Bertz CT molecular complexity index is 838. The van der Waals surface area contributed by atoms with Crippen molar-refractivity contribution in [3.8, 4) is 5.88 Å². The number of aromatic nitrogens is 2. The first-order chi connectivity index (χ1) is 13.5. The van der Waals surface area contributed by atoms with Crippen molar-refractivity contribution in [2.75, 3.05) is 31.1 Å². The van der Waals surface area contributed by atoms with Crippen molar-refractivity contribution in [1.29, 1.82) is 0 Å². The number of likely N-dealkylation sites (tertiary alicyclic amines) is 1. The first-order valence-corrected chi connectivity index (χ1v) is 9.50. The van der Waals surface area contributed by atoms with Gasteiger partial charge < -0.3 is 25.4 Å². The van der Waals surface area contributed by atoms with Crippen LogP contribution in [0.4, 0.5) is 14.6 Å². The molecule has 11 heteroatoms. The molecule has 2 saturated heterocycles. The molecule has 3 heterocycles. The van der Waals surface area contributed by atoms with Gasteiger partial charge in [0.15, 0.2) is 11.5 Å². The van der Waals surface area contributed by atoms with Crippen LogP contribution in [0.5, 0.6) is 5.88 Å². The van der Waals surface area contributed by atoms with Gasteiger partial charge in [-0.15, -0.1) is 0 Å². The van der Waals surface area contributed by atoms with Gasteiger partial charge in [-0.2, -0.15) is 0 Å². The number of anilines is 1. The van der Waals surface area contributed by atoms with E-state index in [0.717, 1.165) is 17.7 Å². The Balaban J connectivity index is 1.58. The van der Waals surface area contributed by atoms with Crippen LogP contribution in [0.2, 0.25) is 0 Å². The highest BCUT2D eigenvalue weighted by Crippen LogP contribution is 2.37. The van der Waals surface area contributed by atoms with Crippen LogP contribution in [0.3, 0.4) is 0 Å². The average molecular weight is 411 g/mol. The molecule has 3 fully saturated rings. The number of β-amino-alcohol motifs (C(OH)–C–C–N with tert-alkyl or cyclic N) is 1. The van der Waals surface area contributed by atoms with Gasteiger partial charge in [0.2, 0.25) is 5.91 Å². The van der Waals surface area contributed by atoms with Crippen LogP contribution in [-0.2, 0) is 4.79 Å². The van der Waals surface area contributed by atoms with Gasteiger partial charge in [-0.3, -0.25) is 9.59 Å². The number of hydrogen-bond donors (Lipinski definition) is 2. The number of nitrogens with zero attached hydrogens (tertiary/aromatic N) is 4. The summed E-state index contributed by atoms with van der Waals surface area (Å²) in [4.78, 5) is 35.5. The van der Waals surface area contributed by atoms with E-state index >= 15 is 0 Å². The van der Waals surface area contributed by atoms with Crippen LogP contribution in [-0.4, -0.2) is 75.6 Å². The molecule has 0 aromatic carbocycles. The quantitative estimate of drug-likeness (QED) is 0.684. The molecule has 29 heavy (non-hydrogen) atoms. The van der Waals surface area contributed by atoms with Gasteiger partial charge in [0.1, 0.15) is 6.04 Å². The van der Waals surface area contributed by atoms with Gasteiger partial charge in [0.05, 0.1) is 38.0 Å². The molecule has 2 aliphatic heterocycles. The third-order valence-corrected chi connectivity index (χ3v) is 5.35. The first-order valence-electron chi connectivity index (χ1n) is 9.50. The molecule has 2 atom stereocenters. The molecule has 9 nitrogen and oxygen atoms in total. The monoisotopic (exact) mass is 411 g/mol. The van der Waals surface area contributed by atoms with E-state index in [0.29, 0.717) is 12.5 Å². The van der Waals surface area contributed by atoms with E-state index in [1.807, 2.05) is 0 Å². The maximum absolute atomic E-state index is 13.3. The molecular weight excluding hydrogens is 388 g/mol. The van der Waals surface area contributed by atoms with Crippen molar-refractivity contribution < 1.29 is 28.2 Å². The average Bonchev–Trinajstić information content (AvgIpc) is 3.38. The third kappa shape index (κ3) is 4.09. The highest BCUT2D eigenvalue weighted by atomic mass is 19.3. The number of carbonyl (C=O) groups is 2. The minimum atomic E-state index is -2.79. The standard InChI is InChI=1S/C18H23F2N5O4/c1-17(28)4-12(13(21)26)25(7-17)16(27)11-5-22-14(24-8-18(19,20)9-24)15(23-11)29-6-10-2-3-10/h5,10,12,28H,2-4,6-9H2,1H3,(H2,21,26). The summed E-state index contributed by atoms with van der Waals surface area (Å²) in [7, 11) is 0. The normalized spacial score (nSPS) is 28.2. The topological polar surface area (TPSA) is 122 Å². The molecule has 0 bridgehead atoms. The zero-order valence-electron chi connectivity index (χ0n) is 16.0. The van der Waals surface area contributed by atoms with Gasteiger partial charge >= 0.3 is 0 Å². The van der Waals surface area contributed by atoms with Crippen LogP contribution >= 0.6 is 0 Å². The second-order valence-electron chi connectivity index (χ2n) is 8.40. The van der Waals surface area contributed by atoms with Gasteiger partial charge in [-0.05, 0) is 25.7 Å². The van der Waals surface area contributed by atoms with Crippen molar-refractivity contribution in [2.45, 2.75) is 43.8 Å². The summed E-state index contributed by atoms with van der Waals surface area (Å²) >= 11 is 0. The van der Waals surface area contributed by atoms with Crippen molar-refractivity contribution in [2.24, 2.45) is 11.7 Å². The second-order valence-corrected chi connectivity index (χ2v) is 8.40. The van der Waals surface area contributed by atoms with Gasteiger partial charge in [0, 0.05) is 6.42 Å². The highest BCUT2D eigenvalue weighted by Gasteiger charge is 2.47. The Morgan fingerprint density at radius 3 is 2.62 bits per heavy atom. The molecule has 0 spiro atoms. The Morgan fingerprint density at radius 1 is 1.34 bits per heavy atom. The molecule has 1 aromatic heterocycles. The molecule has 1 saturated carbocycles. The largest absolute Gasteiger partial charge is 0.475 e. The fourth-order valence-electron chi connectivity index (χ4n) is 3.61. The number of halogens is 2. The summed E-state index contributed by atoms with van der Waals surface area (Å²) in [6.45, 7) is 0.811. The van der Waals surface area contributed by atoms with Crippen LogP contribution in [0.25, 0.3) is 0 Å². The van der Waals surface area contributed by atoms with Crippen LogP contribution in [0.1, 0.15) is 36.7 Å². The molecule has 2 amide bonds. The molecule has 1 aliphatic carbocycles. The molecular formula is C18H23F2N5O4. The zero-order valence-corrected chi connectivity index (χ0v) is 16.0. The molecule has 158 valence electrons. The number of carbonyl (C=O) groups excluding carboxylic acids is 2. The second kappa shape index (κ2) is 6.75. The molecule has 2 unspecified atom stereocenters. The molecule has 0 radical (unpaired) electrons. The number of rotatable bonds is 6. The summed E-state index contributed by atoms with van der Waals surface area (Å²) in [5.41, 5.74) is 4.02. The van der Waals surface area contributed by atoms with E-state index < -0.39 is 42.5 Å². The van der Waals surface area contributed by atoms with Crippen molar-refractivity contribution in [3.63, 3.8) is 0 Å². The molecule has 1 aromatic rings. The van der Waals surface area contributed by atoms with Crippen LogP contribution in [0.15, 0.2) is 6.20 Å². The maximum atomic E-state index is 13.3. The SMILES string of the molecule is CC1(O)CC(C(N)=O)N(C(=O)c2cnc(N3CC(F)(F)C3)c(OCC3CC3)n2)C1. The van der Waals surface area contributed by atoms with E-state index in [4.69, 9.17) is 10.5 Å². The number of ether oxygens (including phenoxy) is 1. The van der Waals surface area contributed by atoms with E-state index in [9.17, 15) is 23.5 Å². The van der Waals surface area contributed by atoms with Crippen molar-refractivity contribution in [1.82, 2.24) is 14.9 Å². The molecule has 3 N–H and O–H groups in total. The molecule has 4 rings (SSSR count). The Labute approximate surface area is 165 Å². The minimum absolute atomic E-state index is 0.0137. The van der Waals surface area contributed by atoms with E-state index in [1.54, 1.807) is 0 Å². The fourth-order valence-corrected chi connectivity index (χ4v) is 3.61. The Hall–Kier alpha value is -2.56. The predicted molar refractivity (Wildman–Crippen MR) is 96.7 cm³/mol. The Morgan fingerprint density at radius 2 is 2.03 bits per heavy atom. The summed E-state index contributed by atoms with van der Waals surface area (Å²) in [5.74, 6) is -3.59. The summed E-state index contributed by atoms with van der Waals surface area (Å²) in [5, 5.41) is 10.3. The number of aliphatic hydroxyl groups is 1. The van der Waals surface area contributed by atoms with E-state index in [2.05, 4.69) is 9.97 Å². The van der Waals surface area contributed by atoms with Gasteiger partial charge in [-0.1, -0.05) is 0 Å². The Kier molecular flexibility index (Phi) is 4.60. The fraction of sp³-hybridized carbons (Fsp3) is 0.667. The van der Waals surface area contributed by atoms with Crippen molar-refractivity contribution in [3.05, 3.63) is 11.9 Å². The van der Waals surface area contributed by atoms with Gasteiger partial charge in [-0.25, -0.2) is 18.7 Å². The number of nitrogens with two attached hydrogens (primary N) is 1. The minimum Gasteiger partial charge on any atom is -0.475 e. The number of alkyl halides is 2. The van der Waals surface area contributed by atoms with E-state index in [-0.39, 0.29) is 30.4 Å². The first kappa shape index (κ1) is 19.7. The lowest BCUT2D eigenvalue weighted by Gasteiger charge is -2.39. The van der Waals surface area contributed by atoms with E-state index in [1.165, 1.54) is 18.0 Å². The van der Waals surface area contributed by atoms with Crippen molar-refractivity contribution >= 4 is 17.6 Å². The maximum Gasteiger partial charge on any atom is 0.282 e. The lowest BCUT2D eigenvalue weighted by molar-refractivity contribution is -0.121. The third-order valence-electron chi connectivity index (χ3n) is 5.35. The predicted octanol–water partition coefficient (Wildman–Crippen LogP) is 0.172. The zero-order chi connectivity index (χ0) is 21.0. The summed E-state index contributed by atoms with van der Waals surface area (Å²) in [6, 6.07) is -0.969. The smallest absolute Gasteiger partial charge is 0.282 e. The number of amides is 2. The number of hydrogen-bond acceptors (Lipinski definition) is 7. The van der Waals surface area contributed by atoms with Crippen LogP contribution in [0, 0.1) is 5.92 Å². The lowest BCUT2D eigenvalue weighted by atomic mass is 10.0. The van der Waals surface area contributed by atoms with Gasteiger partial charge in [0.25, 0.3) is 17.7 Å².